The Labute approximate surface area is 211 Å². The molecule has 3 aromatic rings. The zero-order chi connectivity index (χ0) is 26.0. The molecule has 1 aliphatic rings. The molecule has 4 rings (SSSR count). The Morgan fingerprint density at radius 3 is 2.36 bits per heavy atom. The van der Waals surface area contributed by atoms with Crippen molar-refractivity contribution in [2.75, 3.05) is 6.61 Å². The molecular formula is C30H31NO5. The number of aromatic hydroxyl groups is 1. The lowest BCUT2D eigenvalue weighted by Gasteiger charge is -2.26. The van der Waals surface area contributed by atoms with Crippen LogP contribution in [0.1, 0.15) is 53.3 Å². The predicted molar refractivity (Wildman–Crippen MR) is 139 cm³/mol. The van der Waals surface area contributed by atoms with E-state index in [1.54, 1.807) is 31.2 Å². The summed E-state index contributed by atoms with van der Waals surface area (Å²) in [5.41, 5.74) is 5.09. The predicted octanol–water partition coefficient (Wildman–Crippen LogP) is 5.59. The smallest absolute Gasteiger partial charge is 0.295 e. The Kier molecular flexibility index (Phi) is 7.15. The molecule has 1 aliphatic heterocycles. The highest BCUT2D eigenvalue weighted by Crippen LogP contribution is 2.42. The maximum Gasteiger partial charge on any atom is 0.295 e. The number of benzene rings is 3. The quantitative estimate of drug-likeness (QED) is 0.259. The SMILES string of the molecule is CCOc1cc(C2/C(=C(/O)c3ccc(CC)cc3)C(=O)C(=O)N2Cc2cc(C)ccc2C)ccc1O. The van der Waals surface area contributed by atoms with Gasteiger partial charge < -0.3 is 19.8 Å². The van der Waals surface area contributed by atoms with Crippen LogP contribution in [0, 0.1) is 13.8 Å². The van der Waals surface area contributed by atoms with E-state index >= 15 is 0 Å². The molecule has 1 heterocycles. The fourth-order valence-corrected chi connectivity index (χ4v) is 4.57. The van der Waals surface area contributed by atoms with Crippen LogP contribution in [-0.2, 0) is 22.6 Å². The van der Waals surface area contributed by atoms with Gasteiger partial charge in [0.25, 0.3) is 11.7 Å². The van der Waals surface area contributed by atoms with Crippen molar-refractivity contribution < 1.29 is 24.5 Å². The Bertz CT molecular complexity index is 1340. The molecule has 0 aromatic heterocycles. The topological polar surface area (TPSA) is 87.1 Å². The number of aryl methyl sites for hydroxylation is 3. The Balaban J connectivity index is 1.89. The van der Waals surface area contributed by atoms with Crippen LogP contribution >= 0.6 is 0 Å². The Morgan fingerprint density at radius 2 is 1.69 bits per heavy atom. The summed E-state index contributed by atoms with van der Waals surface area (Å²) in [6.45, 7) is 8.31. The standard InChI is InChI=1S/C30H31NO5/c1-5-20-9-11-21(12-10-20)28(33)26-27(22-13-14-24(32)25(16-22)36-6-2)31(30(35)29(26)34)17-23-15-18(3)7-8-19(23)4/h7-16,27,32-33H,5-6,17H2,1-4H3/b28-26-. The van der Waals surface area contributed by atoms with Gasteiger partial charge in [-0.15, -0.1) is 0 Å². The molecule has 0 radical (unpaired) electrons. The largest absolute Gasteiger partial charge is 0.507 e. The van der Waals surface area contributed by atoms with E-state index in [-0.39, 0.29) is 29.4 Å². The van der Waals surface area contributed by atoms with Gasteiger partial charge in [-0.3, -0.25) is 9.59 Å². The Hall–Kier alpha value is -4.06. The van der Waals surface area contributed by atoms with Crippen LogP contribution < -0.4 is 4.74 Å². The number of carbonyl (C=O) groups excluding carboxylic acids is 2. The number of ether oxygens (including phenoxy) is 1. The van der Waals surface area contributed by atoms with Gasteiger partial charge in [-0.25, -0.2) is 0 Å². The molecule has 1 amide bonds. The van der Waals surface area contributed by atoms with Gasteiger partial charge in [-0.2, -0.15) is 0 Å². The number of Topliss-reactive ketones (excluding diaryl/α,β-unsaturated/α-hetero) is 1. The molecule has 0 bridgehead atoms. The number of hydrogen-bond acceptors (Lipinski definition) is 5. The van der Waals surface area contributed by atoms with Gasteiger partial charge in [0.05, 0.1) is 18.2 Å². The summed E-state index contributed by atoms with van der Waals surface area (Å²) in [7, 11) is 0. The number of nitrogens with zero attached hydrogens (tertiary/aromatic N) is 1. The van der Waals surface area contributed by atoms with Gasteiger partial charge in [0.1, 0.15) is 5.76 Å². The van der Waals surface area contributed by atoms with E-state index in [9.17, 15) is 19.8 Å². The number of phenolic OH excluding ortho intramolecular Hbond substituents is 1. The highest BCUT2D eigenvalue weighted by Gasteiger charge is 2.46. The summed E-state index contributed by atoms with van der Waals surface area (Å²) < 4.78 is 5.57. The van der Waals surface area contributed by atoms with Crippen LogP contribution in [0.2, 0.25) is 0 Å². The maximum absolute atomic E-state index is 13.4. The van der Waals surface area contributed by atoms with Crippen molar-refractivity contribution in [2.24, 2.45) is 0 Å². The first-order valence-corrected chi connectivity index (χ1v) is 12.1. The summed E-state index contributed by atoms with van der Waals surface area (Å²) in [4.78, 5) is 28.2. The lowest BCUT2D eigenvalue weighted by molar-refractivity contribution is -0.140. The lowest BCUT2D eigenvalue weighted by atomic mass is 9.94. The number of amides is 1. The molecule has 1 saturated heterocycles. The lowest BCUT2D eigenvalue weighted by Crippen LogP contribution is -2.29. The second-order valence-electron chi connectivity index (χ2n) is 9.07. The fraction of sp³-hybridized carbons (Fsp3) is 0.267. The zero-order valence-electron chi connectivity index (χ0n) is 21.0. The van der Waals surface area contributed by atoms with Crippen LogP contribution in [0.25, 0.3) is 5.76 Å². The van der Waals surface area contributed by atoms with Crippen molar-refractivity contribution in [3.63, 3.8) is 0 Å². The van der Waals surface area contributed by atoms with Crippen molar-refractivity contribution in [2.45, 2.75) is 46.7 Å². The first-order valence-electron chi connectivity index (χ1n) is 12.1. The number of likely N-dealkylation sites (tertiary alicyclic amines) is 1. The van der Waals surface area contributed by atoms with E-state index in [2.05, 4.69) is 0 Å². The molecule has 36 heavy (non-hydrogen) atoms. The molecular weight excluding hydrogens is 454 g/mol. The molecule has 3 aromatic carbocycles. The number of phenols is 1. The fourth-order valence-electron chi connectivity index (χ4n) is 4.57. The monoisotopic (exact) mass is 485 g/mol. The summed E-state index contributed by atoms with van der Waals surface area (Å²) in [6.07, 6.45) is 0.842. The second-order valence-corrected chi connectivity index (χ2v) is 9.07. The van der Waals surface area contributed by atoms with E-state index in [1.165, 1.54) is 11.0 Å². The minimum atomic E-state index is -0.851. The molecule has 1 unspecified atom stereocenters. The van der Waals surface area contributed by atoms with Gasteiger partial charge in [0.2, 0.25) is 0 Å². The van der Waals surface area contributed by atoms with Crippen LogP contribution in [0.5, 0.6) is 11.5 Å². The molecule has 2 N–H and O–H groups in total. The third kappa shape index (κ3) is 4.71. The summed E-state index contributed by atoms with van der Waals surface area (Å²) in [5, 5.41) is 21.6. The third-order valence-corrected chi connectivity index (χ3v) is 6.62. The molecule has 0 spiro atoms. The first-order chi connectivity index (χ1) is 17.2. The Morgan fingerprint density at radius 1 is 0.972 bits per heavy atom. The average molecular weight is 486 g/mol. The van der Waals surface area contributed by atoms with E-state index in [4.69, 9.17) is 4.74 Å². The molecule has 186 valence electrons. The average Bonchev–Trinajstić information content (AvgIpc) is 3.12. The molecule has 0 saturated carbocycles. The van der Waals surface area contributed by atoms with Crippen LogP contribution in [-0.4, -0.2) is 33.4 Å². The number of rotatable bonds is 7. The minimum absolute atomic E-state index is 0.0164. The number of carbonyl (C=O) groups is 2. The second kappa shape index (κ2) is 10.3. The zero-order valence-corrected chi connectivity index (χ0v) is 21.0. The maximum atomic E-state index is 13.4. The third-order valence-electron chi connectivity index (χ3n) is 6.62. The van der Waals surface area contributed by atoms with Gasteiger partial charge in [-0.1, -0.05) is 61.0 Å². The van der Waals surface area contributed by atoms with Crippen molar-refractivity contribution in [1.29, 1.82) is 0 Å². The normalized spacial score (nSPS) is 17.0. The number of aliphatic hydroxyl groups excluding tert-OH is 1. The van der Waals surface area contributed by atoms with Gasteiger partial charge in [0, 0.05) is 12.1 Å². The van der Waals surface area contributed by atoms with E-state index in [0.29, 0.717) is 17.7 Å². The highest BCUT2D eigenvalue weighted by atomic mass is 16.5. The number of hydrogen-bond donors (Lipinski definition) is 2. The summed E-state index contributed by atoms with van der Waals surface area (Å²) in [6, 6.07) is 17.2. The molecule has 1 fully saturated rings. The molecule has 0 aliphatic carbocycles. The van der Waals surface area contributed by atoms with Crippen LogP contribution in [0.3, 0.4) is 0 Å². The number of aliphatic hydroxyl groups is 1. The van der Waals surface area contributed by atoms with Crippen molar-refractivity contribution in [1.82, 2.24) is 4.90 Å². The van der Waals surface area contributed by atoms with E-state index < -0.39 is 17.7 Å². The van der Waals surface area contributed by atoms with Crippen molar-refractivity contribution in [3.8, 4) is 11.5 Å². The molecule has 1 atom stereocenters. The van der Waals surface area contributed by atoms with Crippen molar-refractivity contribution >= 4 is 17.4 Å². The van der Waals surface area contributed by atoms with Crippen LogP contribution in [0.4, 0.5) is 0 Å². The van der Waals surface area contributed by atoms with E-state index in [1.807, 2.05) is 51.1 Å². The summed E-state index contributed by atoms with van der Waals surface area (Å²) >= 11 is 0. The van der Waals surface area contributed by atoms with Crippen LogP contribution in [0.15, 0.2) is 66.2 Å². The number of ketones is 1. The highest BCUT2D eigenvalue weighted by molar-refractivity contribution is 6.46. The van der Waals surface area contributed by atoms with Gasteiger partial charge >= 0.3 is 0 Å². The van der Waals surface area contributed by atoms with Gasteiger partial charge in [-0.05, 0) is 61.6 Å². The minimum Gasteiger partial charge on any atom is -0.507 e. The summed E-state index contributed by atoms with van der Waals surface area (Å²) in [5.74, 6) is -1.44. The molecule has 6 heteroatoms. The van der Waals surface area contributed by atoms with Crippen molar-refractivity contribution in [3.05, 3.63) is 99.6 Å². The van der Waals surface area contributed by atoms with Gasteiger partial charge in [0.15, 0.2) is 11.5 Å². The molecule has 6 nitrogen and oxygen atoms in total. The first kappa shape index (κ1) is 25.0. The van der Waals surface area contributed by atoms with E-state index in [0.717, 1.165) is 28.7 Å².